The van der Waals surface area contributed by atoms with Crippen LogP contribution in [-0.2, 0) is 5.41 Å². The molecule has 1 aromatic heterocycles. The van der Waals surface area contributed by atoms with Crippen LogP contribution in [0.4, 0.5) is 0 Å². The van der Waals surface area contributed by atoms with Crippen molar-refractivity contribution in [3.05, 3.63) is 169 Å². The monoisotopic (exact) mass is 602 g/mol. The van der Waals surface area contributed by atoms with Gasteiger partial charge >= 0.3 is 0 Å². The SMILES string of the molecule is c1ccc(-c2ccc(-c3cc(-c4ccccc4)nc(-c4ccccc4-c4ccc5c(c4)C4(CCCC4)c4ccccc4-5)n3)cc2)cc1. The Bertz CT molecular complexity index is 2230. The maximum absolute atomic E-state index is 5.25. The summed E-state index contributed by atoms with van der Waals surface area (Å²) in [6, 6.07) is 56.6. The molecule has 1 saturated carbocycles. The zero-order valence-corrected chi connectivity index (χ0v) is 26.2. The third-order valence-electron chi connectivity index (χ3n) is 10.3. The molecule has 0 unspecified atom stereocenters. The molecule has 0 amide bonds. The summed E-state index contributed by atoms with van der Waals surface area (Å²) in [6.07, 6.45) is 5.00. The van der Waals surface area contributed by atoms with Gasteiger partial charge in [0.2, 0.25) is 0 Å². The molecule has 2 aliphatic rings. The van der Waals surface area contributed by atoms with Crippen molar-refractivity contribution in [2.45, 2.75) is 31.1 Å². The van der Waals surface area contributed by atoms with E-state index in [0.29, 0.717) is 0 Å². The van der Waals surface area contributed by atoms with E-state index in [2.05, 4.69) is 152 Å². The molecule has 47 heavy (non-hydrogen) atoms. The van der Waals surface area contributed by atoms with Crippen molar-refractivity contribution in [2.24, 2.45) is 0 Å². The molecule has 0 saturated heterocycles. The Balaban J connectivity index is 1.18. The summed E-state index contributed by atoms with van der Waals surface area (Å²) in [5.41, 5.74) is 15.7. The fraction of sp³-hybridized carbons (Fsp3) is 0.111. The molecule has 0 bridgehead atoms. The van der Waals surface area contributed by atoms with Gasteiger partial charge in [-0.05, 0) is 69.5 Å². The molecule has 2 aliphatic carbocycles. The van der Waals surface area contributed by atoms with E-state index in [1.807, 2.05) is 6.07 Å². The quantitative estimate of drug-likeness (QED) is 0.196. The molecule has 0 atom stereocenters. The summed E-state index contributed by atoms with van der Waals surface area (Å²) < 4.78 is 0. The van der Waals surface area contributed by atoms with E-state index < -0.39 is 0 Å². The molecular formula is C45H34N2. The van der Waals surface area contributed by atoms with E-state index in [4.69, 9.17) is 9.97 Å². The number of nitrogens with zero attached hydrogens (tertiary/aromatic N) is 2. The molecule has 6 aromatic carbocycles. The first-order chi connectivity index (χ1) is 23.3. The van der Waals surface area contributed by atoms with E-state index in [9.17, 15) is 0 Å². The highest BCUT2D eigenvalue weighted by molar-refractivity contribution is 5.88. The first kappa shape index (κ1) is 27.7. The van der Waals surface area contributed by atoms with Gasteiger partial charge in [0, 0.05) is 22.1 Å². The van der Waals surface area contributed by atoms with Crippen LogP contribution in [-0.4, -0.2) is 9.97 Å². The molecule has 1 spiro atoms. The van der Waals surface area contributed by atoms with Gasteiger partial charge in [0.05, 0.1) is 11.4 Å². The molecule has 0 N–H and O–H groups in total. The summed E-state index contributed by atoms with van der Waals surface area (Å²) >= 11 is 0. The van der Waals surface area contributed by atoms with Gasteiger partial charge < -0.3 is 0 Å². The summed E-state index contributed by atoms with van der Waals surface area (Å²) in [4.78, 5) is 10.5. The summed E-state index contributed by atoms with van der Waals surface area (Å²) in [5, 5.41) is 0. The number of benzene rings is 6. The smallest absolute Gasteiger partial charge is 0.161 e. The second-order valence-electron chi connectivity index (χ2n) is 12.9. The molecule has 2 heteroatoms. The average Bonchev–Trinajstić information content (AvgIpc) is 3.76. The van der Waals surface area contributed by atoms with E-state index in [0.717, 1.165) is 39.5 Å². The van der Waals surface area contributed by atoms with Gasteiger partial charge in [-0.15, -0.1) is 0 Å². The molecule has 0 aliphatic heterocycles. The predicted molar refractivity (Wildman–Crippen MR) is 194 cm³/mol. The lowest BCUT2D eigenvalue weighted by atomic mass is 9.76. The van der Waals surface area contributed by atoms with Crippen molar-refractivity contribution in [3.63, 3.8) is 0 Å². The van der Waals surface area contributed by atoms with Crippen molar-refractivity contribution in [1.29, 1.82) is 0 Å². The number of hydrogen-bond donors (Lipinski definition) is 0. The number of rotatable bonds is 5. The summed E-state index contributed by atoms with van der Waals surface area (Å²) in [7, 11) is 0. The molecular weight excluding hydrogens is 569 g/mol. The van der Waals surface area contributed by atoms with E-state index in [1.165, 1.54) is 64.6 Å². The molecule has 7 aromatic rings. The number of aromatic nitrogens is 2. The van der Waals surface area contributed by atoms with Crippen molar-refractivity contribution in [2.75, 3.05) is 0 Å². The van der Waals surface area contributed by atoms with Crippen LogP contribution in [0.25, 0.3) is 67.3 Å². The molecule has 1 fully saturated rings. The van der Waals surface area contributed by atoms with Gasteiger partial charge in [0.25, 0.3) is 0 Å². The Labute approximate surface area is 276 Å². The normalized spacial score (nSPS) is 14.2. The average molecular weight is 603 g/mol. The summed E-state index contributed by atoms with van der Waals surface area (Å²) in [5.74, 6) is 0.739. The highest BCUT2D eigenvalue weighted by atomic mass is 14.9. The number of fused-ring (bicyclic) bond motifs is 5. The first-order valence-corrected chi connectivity index (χ1v) is 16.7. The molecule has 9 rings (SSSR count). The standard InChI is InChI=1S/C45H34N2/c1-3-13-31(14-4-1)32-21-23-34(24-22-32)43-30-42(33-15-5-2-6-16-33)46-44(47-43)39-19-8-7-17-36(39)35-25-26-38-37-18-9-10-20-40(37)45(41(38)29-35)27-11-12-28-45/h1-10,13-26,29-30H,11-12,27-28H2. The minimum atomic E-state index is 0.125. The third kappa shape index (κ3) is 4.72. The van der Waals surface area contributed by atoms with Gasteiger partial charge in [0.1, 0.15) is 0 Å². The van der Waals surface area contributed by atoms with Crippen LogP contribution in [0, 0.1) is 0 Å². The fourth-order valence-corrected chi connectivity index (χ4v) is 8.01. The van der Waals surface area contributed by atoms with Gasteiger partial charge in [-0.2, -0.15) is 0 Å². The van der Waals surface area contributed by atoms with Gasteiger partial charge in [-0.25, -0.2) is 9.97 Å². The van der Waals surface area contributed by atoms with Gasteiger partial charge in [-0.3, -0.25) is 0 Å². The van der Waals surface area contributed by atoms with Crippen LogP contribution in [0.3, 0.4) is 0 Å². The van der Waals surface area contributed by atoms with Gasteiger partial charge in [0.15, 0.2) is 5.82 Å². The third-order valence-corrected chi connectivity index (χ3v) is 10.3. The van der Waals surface area contributed by atoms with Crippen molar-refractivity contribution in [3.8, 4) is 67.3 Å². The molecule has 2 nitrogen and oxygen atoms in total. The second kappa shape index (κ2) is 11.3. The zero-order valence-electron chi connectivity index (χ0n) is 26.2. The first-order valence-electron chi connectivity index (χ1n) is 16.7. The maximum Gasteiger partial charge on any atom is 0.161 e. The van der Waals surface area contributed by atoms with E-state index in [-0.39, 0.29) is 5.41 Å². The highest BCUT2D eigenvalue weighted by Crippen LogP contribution is 2.57. The zero-order chi connectivity index (χ0) is 31.2. The maximum atomic E-state index is 5.25. The van der Waals surface area contributed by atoms with Crippen LogP contribution >= 0.6 is 0 Å². The summed E-state index contributed by atoms with van der Waals surface area (Å²) in [6.45, 7) is 0. The lowest BCUT2D eigenvalue weighted by molar-refractivity contribution is 0.550. The van der Waals surface area contributed by atoms with Crippen LogP contribution in [0.1, 0.15) is 36.8 Å². The minimum Gasteiger partial charge on any atom is -0.228 e. The van der Waals surface area contributed by atoms with Crippen LogP contribution in [0.5, 0.6) is 0 Å². The topological polar surface area (TPSA) is 25.8 Å². The van der Waals surface area contributed by atoms with E-state index in [1.54, 1.807) is 0 Å². The van der Waals surface area contributed by atoms with Crippen molar-refractivity contribution in [1.82, 2.24) is 9.97 Å². The predicted octanol–water partition coefficient (Wildman–Crippen LogP) is 11.7. The van der Waals surface area contributed by atoms with Crippen LogP contribution in [0.2, 0.25) is 0 Å². The minimum absolute atomic E-state index is 0.125. The van der Waals surface area contributed by atoms with Gasteiger partial charge in [-0.1, -0.05) is 158 Å². The Morgan fingerprint density at radius 3 is 1.55 bits per heavy atom. The van der Waals surface area contributed by atoms with Crippen LogP contribution < -0.4 is 0 Å². The lowest BCUT2D eigenvalue weighted by Gasteiger charge is -2.27. The number of hydrogen-bond acceptors (Lipinski definition) is 2. The van der Waals surface area contributed by atoms with Crippen LogP contribution in [0.15, 0.2) is 158 Å². The fourth-order valence-electron chi connectivity index (χ4n) is 8.01. The molecule has 0 radical (unpaired) electrons. The highest BCUT2D eigenvalue weighted by Gasteiger charge is 2.44. The Morgan fingerprint density at radius 2 is 0.851 bits per heavy atom. The molecule has 224 valence electrons. The largest absolute Gasteiger partial charge is 0.228 e. The van der Waals surface area contributed by atoms with Crippen molar-refractivity contribution < 1.29 is 0 Å². The lowest BCUT2D eigenvalue weighted by Crippen LogP contribution is -2.20. The molecule has 1 heterocycles. The Kier molecular flexibility index (Phi) is 6.67. The Hall–Kier alpha value is -5.60. The van der Waals surface area contributed by atoms with Crippen molar-refractivity contribution >= 4 is 0 Å². The van der Waals surface area contributed by atoms with E-state index >= 15 is 0 Å². The second-order valence-corrected chi connectivity index (χ2v) is 12.9. The Morgan fingerprint density at radius 1 is 0.362 bits per heavy atom.